The summed E-state index contributed by atoms with van der Waals surface area (Å²) < 4.78 is 2.37. The Bertz CT molecular complexity index is 2530. The van der Waals surface area contributed by atoms with Crippen molar-refractivity contribution in [3.05, 3.63) is 168 Å². The quantitative estimate of drug-likeness (QED) is 0.214. The molecule has 48 heavy (non-hydrogen) atoms. The molecule has 0 saturated carbocycles. The maximum Gasteiger partial charge on any atom is 0.0753 e. The van der Waals surface area contributed by atoms with Crippen LogP contribution in [0.25, 0.3) is 85.6 Å². The van der Waals surface area contributed by atoms with Crippen LogP contribution in [0.2, 0.25) is 0 Å². The van der Waals surface area contributed by atoms with Gasteiger partial charge in [-0.25, -0.2) is 9.97 Å². The molecule has 2 aliphatic rings. The Morgan fingerprint density at radius 2 is 1.06 bits per heavy atom. The number of aromatic amines is 1. The summed E-state index contributed by atoms with van der Waals surface area (Å²) in [7, 11) is 0. The molecule has 5 nitrogen and oxygen atoms in total. The van der Waals surface area contributed by atoms with E-state index >= 15 is 0 Å². The maximum atomic E-state index is 5.25. The third-order valence-electron chi connectivity index (χ3n) is 8.73. The number of nitrogens with zero attached hydrogens (tertiary/aromatic N) is 4. The molecule has 4 aromatic heterocycles. The van der Waals surface area contributed by atoms with E-state index in [-0.39, 0.29) is 0 Å². The fraction of sp³-hybridized carbons (Fsp3) is 0. The van der Waals surface area contributed by atoms with Crippen LogP contribution >= 0.6 is 0 Å². The number of rotatable bonds is 4. The average Bonchev–Trinajstić information content (AvgIpc) is 3.95. The van der Waals surface area contributed by atoms with E-state index in [1.165, 1.54) is 0 Å². The summed E-state index contributed by atoms with van der Waals surface area (Å²) in [6.45, 7) is 0. The van der Waals surface area contributed by atoms with Crippen LogP contribution in [-0.2, 0) is 0 Å². The Morgan fingerprint density at radius 3 is 1.73 bits per heavy atom. The molecular weight excluding hydrogens is 587 g/mol. The lowest BCUT2D eigenvalue weighted by atomic mass is 9.94. The van der Waals surface area contributed by atoms with Gasteiger partial charge in [0.05, 0.1) is 45.1 Å². The molecule has 0 atom stereocenters. The van der Waals surface area contributed by atoms with Crippen molar-refractivity contribution in [1.29, 1.82) is 0 Å². The van der Waals surface area contributed by atoms with Gasteiger partial charge in [0.2, 0.25) is 0 Å². The number of benzene rings is 3. The smallest absolute Gasteiger partial charge is 0.0753 e. The normalized spacial score (nSPS) is 12.0. The summed E-state index contributed by atoms with van der Waals surface area (Å²) in [5, 5.41) is 0. The minimum absolute atomic E-state index is 0.840. The predicted molar refractivity (Wildman–Crippen MR) is 198 cm³/mol. The molecule has 0 fully saturated rings. The van der Waals surface area contributed by atoms with E-state index in [4.69, 9.17) is 15.0 Å². The summed E-state index contributed by atoms with van der Waals surface area (Å²) in [6, 6.07) is 48.5. The van der Waals surface area contributed by atoms with E-state index in [0.717, 1.165) is 84.0 Å². The fourth-order valence-electron chi connectivity index (χ4n) is 6.69. The highest BCUT2D eigenvalue weighted by Gasteiger charge is 2.25. The molecule has 3 aromatic carbocycles. The van der Waals surface area contributed by atoms with Crippen molar-refractivity contribution >= 4 is 46.4 Å². The molecule has 6 heterocycles. The lowest BCUT2D eigenvalue weighted by Gasteiger charge is -2.13. The van der Waals surface area contributed by atoms with Crippen LogP contribution in [0.15, 0.2) is 146 Å². The Labute approximate surface area is 277 Å². The van der Waals surface area contributed by atoms with E-state index in [1.54, 1.807) is 0 Å². The second kappa shape index (κ2) is 11.6. The van der Waals surface area contributed by atoms with E-state index in [1.807, 2.05) is 18.3 Å². The van der Waals surface area contributed by atoms with Crippen molar-refractivity contribution in [2.75, 3.05) is 0 Å². The first-order chi connectivity index (χ1) is 23.8. The Balaban J connectivity index is 1.61. The van der Waals surface area contributed by atoms with Crippen LogP contribution in [-0.4, -0.2) is 24.5 Å². The molecule has 5 heteroatoms. The summed E-state index contributed by atoms with van der Waals surface area (Å²) in [5.41, 5.74) is 14.7. The number of H-pyrrole nitrogens is 1. The van der Waals surface area contributed by atoms with E-state index in [2.05, 4.69) is 161 Å². The number of hydrogen-bond donors (Lipinski definition) is 1. The maximum absolute atomic E-state index is 5.25. The minimum Gasteiger partial charge on any atom is -0.355 e. The summed E-state index contributed by atoms with van der Waals surface area (Å²) in [5.74, 6) is 0. The summed E-state index contributed by atoms with van der Waals surface area (Å²) in [4.78, 5) is 18.8. The Hall–Kier alpha value is -6.59. The van der Waals surface area contributed by atoms with Crippen molar-refractivity contribution < 1.29 is 0 Å². The topological polar surface area (TPSA) is 59.4 Å². The third-order valence-corrected chi connectivity index (χ3v) is 8.73. The van der Waals surface area contributed by atoms with Gasteiger partial charge in [0.15, 0.2) is 0 Å². The SMILES string of the molecule is C1=Cc2cc3c(-c4ccccc4)c(-c4ccccc4)c(c(-c4ccccn4)c4nc(cc5ccc(cc1n2)[nH]5)C=C4)n3-c1ccccc1. The molecule has 8 bridgehead atoms. The van der Waals surface area contributed by atoms with Gasteiger partial charge in [0, 0.05) is 34.0 Å². The molecule has 0 unspecified atom stereocenters. The van der Waals surface area contributed by atoms with Crippen molar-refractivity contribution in [2.24, 2.45) is 0 Å². The van der Waals surface area contributed by atoms with Gasteiger partial charge in [-0.15, -0.1) is 0 Å². The standard InChI is InChI=1S/C43H29N5/c1-4-12-29(13-5-1)40-39-28-35-22-21-32(46-35)26-31-19-20-33(45-31)27-34-23-24-38(47-34)42(37-18-10-11-25-44-37)43(41(40)30-14-6-2-7-15-30)48(39)36-16-8-3-9-17-36/h1-28,45H. The van der Waals surface area contributed by atoms with Gasteiger partial charge in [-0.3, -0.25) is 4.98 Å². The predicted octanol–water partition coefficient (Wildman–Crippen LogP) is 10.5. The average molecular weight is 616 g/mol. The van der Waals surface area contributed by atoms with Gasteiger partial charge >= 0.3 is 0 Å². The van der Waals surface area contributed by atoms with E-state index < -0.39 is 0 Å². The molecule has 0 radical (unpaired) electrons. The molecule has 0 aliphatic carbocycles. The molecule has 226 valence electrons. The molecule has 0 amide bonds. The number of fused-ring (bicyclic) bond motifs is 8. The molecule has 7 aromatic rings. The van der Waals surface area contributed by atoms with Crippen molar-refractivity contribution in [3.63, 3.8) is 0 Å². The van der Waals surface area contributed by atoms with Crippen LogP contribution < -0.4 is 0 Å². The molecule has 1 N–H and O–H groups in total. The number of aromatic nitrogens is 5. The number of hydrogen-bond acceptors (Lipinski definition) is 3. The van der Waals surface area contributed by atoms with Crippen molar-refractivity contribution in [3.8, 4) is 39.2 Å². The number of nitrogens with one attached hydrogen (secondary N) is 1. The highest BCUT2D eigenvalue weighted by Crippen LogP contribution is 2.46. The molecule has 0 spiro atoms. The van der Waals surface area contributed by atoms with Crippen LogP contribution in [0.3, 0.4) is 0 Å². The van der Waals surface area contributed by atoms with Gasteiger partial charge < -0.3 is 9.55 Å². The molecular formula is C43H29N5. The second-order valence-corrected chi connectivity index (χ2v) is 11.8. The lowest BCUT2D eigenvalue weighted by molar-refractivity contribution is 1.17. The molecule has 0 saturated heterocycles. The van der Waals surface area contributed by atoms with Gasteiger partial charge in [-0.1, -0.05) is 84.9 Å². The second-order valence-electron chi connectivity index (χ2n) is 11.8. The fourth-order valence-corrected chi connectivity index (χ4v) is 6.69. The zero-order valence-corrected chi connectivity index (χ0v) is 26.0. The van der Waals surface area contributed by atoms with Gasteiger partial charge in [-0.2, -0.15) is 0 Å². The Morgan fingerprint density at radius 1 is 0.479 bits per heavy atom. The zero-order valence-electron chi connectivity index (χ0n) is 26.0. The van der Waals surface area contributed by atoms with E-state index in [9.17, 15) is 0 Å². The first-order valence-corrected chi connectivity index (χ1v) is 16.0. The minimum atomic E-state index is 0.840. The zero-order chi connectivity index (χ0) is 31.9. The first-order valence-electron chi connectivity index (χ1n) is 16.0. The number of para-hydroxylation sites is 1. The summed E-state index contributed by atoms with van der Waals surface area (Å²) in [6.07, 6.45) is 10.2. The van der Waals surface area contributed by atoms with Crippen LogP contribution in [0, 0.1) is 0 Å². The molecule has 9 rings (SSSR count). The van der Waals surface area contributed by atoms with Crippen LogP contribution in [0.4, 0.5) is 0 Å². The monoisotopic (exact) mass is 615 g/mol. The van der Waals surface area contributed by atoms with Gasteiger partial charge in [-0.05, 0) is 90.0 Å². The van der Waals surface area contributed by atoms with E-state index in [0.29, 0.717) is 0 Å². The highest BCUT2D eigenvalue weighted by molar-refractivity contribution is 6.10. The summed E-state index contributed by atoms with van der Waals surface area (Å²) >= 11 is 0. The van der Waals surface area contributed by atoms with Gasteiger partial charge in [0.25, 0.3) is 0 Å². The van der Waals surface area contributed by atoms with Crippen molar-refractivity contribution in [1.82, 2.24) is 24.5 Å². The lowest BCUT2D eigenvalue weighted by Crippen LogP contribution is -1.98. The third kappa shape index (κ3) is 4.95. The number of pyridine rings is 1. The largest absolute Gasteiger partial charge is 0.355 e. The van der Waals surface area contributed by atoms with Crippen LogP contribution in [0.1, 0.15) is 22.8 Å². The highest BCUT2D eigenvalue weighted by atomic mass is 15.0. The molecule has 2 aliphatic heterocycles. The Kier molecular flexibility index (Phi) is 6.72. The van der Waals surface area contributed by atoms with Gasteiger partial charge in [0.1, 0.15) is 0 Å². The van der Waals surface area contributed by atoms with Crippen molar-refractivity contribution in [2.45, 2.75) is 0 Å². The first kappa shape index (κ1) is 27.7. The van der Waals surface area contributed by atoms with Crippen LogP contribution in [0.5, 0.6) is 0 Å².